The van der Waals surface area contributed by atoms with E-state index < -0.39 is 11.9 Å². The maximum atomic E-state index is 12.5. The highest BCUT2D eigenvalue weighted by Gasteiger charge is 2.15. The largest absolute Gasteiger partial charge is 0.452 e. The first-order chi connectivity index (χ1) is 13.0. The van der Waals surface area contributed by atoms with Crippen molar-refractivity contribution in [1.82, 2.24) is 0 Å². The summed E-state index contributed by atoms with van der Waals surface area (Å²) in [5.74, 6) is -0.921. The Labute approximate surface area is 166 Å². The van der Waals surface area contributed by atoms with Gasteiger partial charge in [-0.1, -0.05) is 64.0 Å². The van der Waals surface area contributed by atoms with E-state index in [1.54, 1.807) is 24.3 Å². The molecule has 1 amide bonds. The number of aryl methyl sites for hydroxylation is 1. The van der Waals surface area contributed by atoms with Crippen LogP contribution in [0.5, 0.6) is 0 Å². The molecule has 3 aromatic rings. The van der Waals surface area contributed by atoms with Crippen LogP contribution >= 0.6 is 15.9 Å². The Morgan fingerprint density at radius 3 is 2.30 bits per heavy atom. The van der Waals surface area contributed by atoms with Crippen molar-refractivity contribution in [2.45, 2.75) is 6.92 Å². The van der Waals surface area contributed by atoms with Crippen LogP contribution in [0.15, 0.2) is 77.3 Å². The Morgan fingerprint density at radius 1 is 0.926 bits per heavy atom. The van der Waals surface area contributed by atoms with Crippen molar-refractivity contribution in [2.75, 3.05) is 11.9 Å². The Balaban J connectivity index is 1.67. The molecule has 0 aliphatic rings. The Hall–Kier alpha value is -2.92. The van der Waals surface area contributed by atoms with Gasteiger partial charge in [0.15, 0.2) is 6.61 Å². The van der Waals surface area contributed by atoms with Gasteiger partial charge in [0.2, 0.25) is 0 Å². The van der Waals surface area contributed by atoms with E-state index in [1.807, 2.05) is 55.5 Å². The molecule has 0 spiro atoms. The van der Waals surface area contributed by atoms with E-state index >= 15 is 0 Å². The lowest BCUT2D eigenvalue weighted by atomic mass is 9.99. The zero-order valence-corrected chi connectivity index (χ0v) is 16.3. The molecule has 0 saturated heterocycles. The highest BCUT2D eigenvalue weighted by atomic mass is 79.9. The van der Waals surface area contributed by atoms with Gasteiger partial charge >= 0.3 is 5.97 Å². The molecule has 0 heterocycles. The van der Waals surface area contributed by atoms with Crippen molar-refractivity contribution in [3.8, 4) is 11.1 Å². The third-order valence-electron chi connectivity index (χ3n) is 3.97. The van der Waals surface area contributed by atoms with Crippen LogP contribution in [0.1, 0.15) is 15.9 Å². The normalized spacial score (nSPS) is 10.3. The average Bonchev–Trinajstić information content (AvgIpc) is 2.68. The molecular formula is C22H18BrNO3. The standard InChI is InChI=1S/C22H18BrNO3/c1-15-6-8-16(9-7-15)19-4-2-3-5-20(19)22(26)27-14-21(25)24-18-12-10-17(23)11-13-18/h2-13H,14H2,1H3,(H,24,25). The summed E-state index contributed by atoms with van der Waals surface area (Å²) in [6.07, 6.45) is 0. The van der Waals surface area contributed by atoms with Crippen molar-refractivity contribution >= 4 is 33.5 Å². The lowest BCUT2D eigenvalue weighted by molar-refractivity contribution is -0.119. The summed E-state index contributed by atoms with van der Waals surface area (Å²) in [7, 11) is 0. The smallest absolute Gasteiger partial charge is 0.339 e. The van der Waals surface area contributed by atoms with Gasteiger partial charge in [0, 0.05) is 10.2 Å². The first-order valence-electron chi connectivity index (χ1n) is 8.41. The Bertz CT molecular complexity index is 950. The van der Waals surface area contributed by atoms with Crippen LogP contribution in [-0.4, -0.2) is 18.5 Å². The molecule has 136 valence electrons. The molecule has 0 aliphatic heterocycles. The second kappa shape index (κ2) is 8.64. The van der Waals surface area contributed by atoms with Crippen LogP contribution < -0.4 is 5.32 Å². The van der Waals surface area contributed by atoms with Gasteiger partial charge in [-0.3, -0.25) is 4.79 Å². The molecule has 0 aromatic heterocycles. The molecule has 5 heteroatoms. The monoisotopic (exact) mass is 423 g/mol. The van der Waals surface area contributed by atoms with Gasteiger partial charge in [0.05, 0.1) is 5.56 Å². The highest BCUT2D eigenvalue weighted by molar-refractivity contribution is 9.10. The van der Waals surface area contributed by atoms with Gasteiger partial charge in [-0.05, 0) is 48.4 Å². The number of benzene rings is 3. The molecule has 0 radical (unpaired) electrons. The molecule has 0 bridgehead atoms. The van der Waals surface area contributed by atoms with E-state index in [9.17, 15) is 9.59 Å². The fraction of sp³-hybridized carbons (Fsp3) is 0.0909. The zero-order valence-electron chi connectivity index (χ0n) is 14.7. The fourth-order valence-electron chi connectivity index (χ4n) is 2.59. The third kappa shape index (κ3) is 5.05. The molecule has 0 saturated carbocycles. The average molecular weight is 424 g/mol. The van der Waals surface area contributed by atoms with Crippen molar-refractivity contribution < 1.29 is 14.3 Å². The quantitative estimate of drug-likeness (QED) is 0.572. The minimum Gasteiger partial charge on any atom is -0.452 e. The van der Waals surface area contributed by atoms with Crippen LogP contribution in [0.2, 0.25) is 0 Å². The van der Waals surface area contributed by atoms with Gasteiger partial charge in [0.1, 0.15) is 0 Å². The summed E-state index contributed by atoms with van der Waals surface area (Å²) in [5, 5.41) is 2.69. The second-order valence-corrected chi connectivity index (χ2v) is 6.96. The van der Waals surface area contributed by atoms with E-state index in [2.05, 4.69) is 21.2 Å². The first kappa shape index (κ1) is 18.9. The number of hydrogen-bond acceptors (Lipinski definition) is 3. The molecular weight excluding hydrogens is 406 g/mol. The van der Waals surface area contributed by atoms with Crippen LogP contribution in [0, 0.1) is 6.92 Å². The first-order valence-corrected chi connectivity index (χ1v) is 9.21. The van der Waals surface area contributed by atoms with Crippen molar-refractivity contribution in [1.29, 1.82) is 0 Å². The summed E-state index contributed by atoms with van der Waals surface area (Å²) in [4.78, 5) is 24.5. The molecule has 0 unspecified atom stereocenters. The number of nitrogens with one attached hydrogen (secondary N) is 1. The minimum atomic E-state index is -0.530. The summed E-state index contributed by atoms with van der Waals surface area (Å²) in [6.45, 7) is 1.66. The number of esters is 1. The van der Waals surface area contributed by atoms with Crippen LogP contribution in [0.25, 0.3) is 11.1 Å². The predicted molar refractivity (Wildman–Crippen MR) is 110 cm³/mol. The molecule has 3 rings (SSSR count). The number of halogens is 1. The second-order valence-electron chi connectivity index (χ2n) is 6.04. The van der Waals surface area contributed by atoms with Crippen molar-refractivity contribution in [3.63, 3.8) is 0 Å². The maximum Gasteiger partial charge on any atom is 0.339 e. The molecule has 0 atom stereocenters. The molecule has 0 aliphatic carbocycles. The van der Waals surface area contributed by atoms with Gasteiger partial charge < -0.3 is 10.1 Å². The van der Waals surface area contributed by atoms with E-state index in [0.717, 1.165) is 21.2 Å². The molecule has 3 aromatic carbocycles. The van der Waals surface area contributed by atoms with Crippen LogP contribution in [0.4, 0.5) is 5.69 Å². The highest BCUT2D eigenvalue weighted by Crippen LogP contribution is 2.24. The Morgan fingerprint density at radius 2 is 1.59 bits per heavy atom. The van der Waals surface area contributed by atoms with Crippen molar-refractivity contribution in [3.05, 3.63) is 88.4 Å². The summed E-state index contributed by atoms with van der Waals surface area (Å²) in [6, 6.07) is 22.3. The third-order valence-corrected chi connectivity index (χ3v) is 4.50. The van der Waals surface area contributed by atoms with E-state index in [4.69, 9.17) is 4.74 Å². The van der Waals surface area contributed by atoms with Crippen LogP contribution in [-0.2, 0) is 9.53 Å². The van der Waals surface area contributed by atoms with Gasteiger partial charge in [-0.25, -0.2) is 4.79 Å². The molecule has 1 N–H and O–H groups in total. The van der Waals surface area contributed by atoms with E-state index in [1.165, 1.54) is 0 Å². The molecule has 0 fully saturated rings. The number of rotatable bonds is 5. The lowest BCUT2D eigenvalue weighted by Gasteiger charge is -2.10. The minimum absolute atomic E-state index is 0.350. The van der Waals surface area contributed by atoms with E-state index in [-0.39, 0.29) is 6.61 Å². The Kier molecular flexibility index (Phi) is 6.04. The van der Waals surface area contributed by atoms with Gasteiger partial charge in [-0.2, -0.15) is 0 Å². The lowest BCUT2D eigenvalue weighted by Crippen LogP contribution is -2.21. The summed E-state index contributed by atoms with van der Waals surface area (Å²) >= 11 is 3.34. The van der Waals surface area contributed by atoms with Crippen LogP contribution in [0.3, 0.4) is 0 Å². The summed E-state index contributed by atoms with van der Waals surface area (Å²) in [5.41, 5.74) is 3.91. The van der Waals surface area contributed by atoms with Crippen molar-refractivity contribution in [2.24, 2.45) is 0 Å². The van der Waals surface area contributed by atoms with Gasteiger partial charge in [-0.15, -0.1) is 0 Å². The van der Waals surface area contributed by atoms with E-state index in [0.29, 0.717) is 11.3 Å². The SMILES string of the molecule is Cc1ccc(-c2ccccc2C(=O)OCC(=O)Nc2ccc(Br)cc2)cc1. The predicted octanol–water partition coefficient (Wildman–Crippen LogP) is 5.22. The van der Waals surface area contributed by atoms with Gasteiger partial charge in [0.25, 0.3) is 5.91 Å². The molecule has 27 heavy (non-hydrogen) atoms. The summed E-state index contributed by atoms with van der Waals surface area (Å²) < 4.78 is 6.13. The zero-order chi connectivity index (χ0) is 19.2. The number of amides is 1. The maximum absolute atomic E-state index is 12.5. The molecule has 4 nitrogen and oxygen atoms in total. The number of hydrogen-bond donors (Lipinski definition) is 1. The number of carbonyl (C=O) groups is 2. The number of carbonyl (C=O) groups excluding carboxylic acids is 2. The fourth-order valence-corrected chi connectivity index (χ4v) is 2.85. The topological polar surface area (TPSA) is 55.4 Å². The number of ether oxygens (including phenoxy) is 1. The number of anilines is 1.